The van der Waals surface area contributed by atoms with Crippen LogP contribution in [0.3, 0.4) is 0 Å². The van der Waals surface area contributed by atoms with E-state index in [9.17, 15) is 4.79 Å². The van der Waals surface area contributed by atoms with Gasteiger partial charge in [0.15, 0.2) is 10.5 Å². The fourth-order valence-corrected chi connectivity index (χ4v) is 2.58. The van der Waals surface area contributed by atoms with Crippen LogP contribution in [0.4, 0.5) is 0 Å². The van der Waals surface area contributed by atoms with Gasteiger partial charge >= 0.3 is 5.97 Å². The molecule has 100 valence electrons. The molecule has 8 heteroatoms. The van der Waals surface area contributed by atoms with Crippen LogP contribution in [0, 0.1) is 5.92 Å². The monoisotopic (exact) mass is 326 g/mol. The van der Waals surface area contributed by atoms with Crippen LogP contribution in [-0.4, -0.2) is 31.3 Å². The average Bonchev–Trinajstić information content (AvgIpc) is 2.94. The van der Waals surface area contributed by atoms with E-state index in [4.69, 9.17) is 9.52 Å². The molecule has 3 rings (SSSR count). The fourth-order valence-electron chi connectivity index (χ4n) is 2.16. The van der Waals surface area contributed by atoms with E-state index >= 15 is 0 Å². The Morgan fingerprint density at radius 3 is 3.00 bits per heavy atom. The van der Waals surface area contributed by atoms with Crippen LogP contribution in [0.25, 0.3) is 11.4 Å². The number of aliphatic carboxylic acids is 1. The lowest BCUT2D eigenvalue weighted by atomic mass is 10.1. The Morgan fingerprint density at radius 2 is 2.42 bits per heavy atom. The first kappa shape index (κ1) is 12.3. The van der Waals surface area contributed by atoms with Crippen LogP contribution >= 0.6 is 15.9 Å². The van der Waals surface area contributed by atoms with Crippen molar-refractivity contribution in [1.29, 1.82) is 0 Å². The normalized spacial score (nSPS) is 16.5. The molecule has 0 spiro atoms. The molecule has 1 unspecified atom stereocenters. The largest absolute Gasteiger partial charge is 0.481 e. The molecule has 1 N–H and O–H groups in total. The Hall–Kier alpha value is -1.70. The predicted octanol–water partition coefficient (Wildman–Crippen LogP) is 2.12. The van der Waals surface area contributed by atoms with Gasteiger partial charge in [0.1, 0.15) is 0 Å². The first-order valence-electron chi connectivity index (χ1n) is 5.90. The lowest BCUT2D eigenvalue weighted by Gasteiger charge is -2.15. The Bertz CT molecular complexity index is 605. The quantitative estimate of drug-likeness (QED) is 0.904. The second-order valence-electron chi connectivity index (χ2n) is 4.56. The van der Waals surface area contributed by atoms with E-state index in [0.29, 0.717) is 16.4 Å². The summed E-state index contributed by atoms with van der Waals surface area (Å²) < 4.78 is 7.31. The molecule has 1 saturated carbocycles. The Morgan fingerprint density at radius 1 is 1.63 bits per heavy atom. The summed E-state index contributed by atoms with van der Waals surface area (Å²) in [5.74, 6) is 0.0208. The molecule has 0 amide bonds. The molecular formula is C11H11BrN4O3. The number of furan rings is 1. The van der Waals surface area contributed by atoms with Gasteiger partial charge in [0, 0.05) is 0 Å². The van der Waals surface area contributed by atoms with Gasteiger partial charge in [-0.3, -0.25) is 4.79 Å². The fraction of sp³-hybridized carbons (Fsp3) is 0.455. The zero-order valence-corrected chi connectivity index (χ0v) is 11.4. The van der Waals surface area contributed by atoms with Gasteiger partial charge < -0.3 is 9.52 Å². The van der Waals surface area contributed by atoms with Crippen molar-refractivity contribution in [2.24, 2.45) is 5.92 Å². The van der Waals surface area contributed by atoms with Gasteiger partial charge in [-0.2, -0.15) is 0 Å². The highest BCUT2D eigenvalue weighted by Gasteiger charge is 2.36. The van der Waals surface area contributed by atoms with E-state index in [-0.39, 0.29) is 12.5 Å². The topological polar surface area (TPSA) is 94.0 Å². The molecular weight excluding hydrogens is 316 g/mol. The number of aromatic nitrogens is 4. The molecule has 0 saturated heterocycles. The van der Waals surface area contributed by atoms with E-state index in [1.165, 1.54) is 6.26 Å². The van der Waals surface area contributed by atoms with Crippen molar-refractivity contribution in [3.63, 3.8) is 0 Å². The molecule has 1 aliphatic carbocycles. The van der Waals surface area contributed by atoms with Crippen molar-refractivity contribution >= 4 is 21.9 Å². The van der Waals surface area contributed by atoms with Crippen molar-refractivity contribution in [2.75, 3.05) is 0 Å². The highest BCUT2D eigenvalue weighted by atomic mass is 79.9. The van der Waals surface area contributed by atoms with Crippen molar-refractivity contribution in [2.45, 2.75) is 25.3 Å². The van der Waals surface area contributed by atoms with Crippen molar-refractivity contribution in [3.05, 3.63) is 17.0 Å². The van der Waals surface area contributed by atoms with E-state index in [2.05, 4.69) is 31.5 Å². The smallest absolute Gasteiger partial charge is 0.305 e. The maximum Gasteiger partial charge on any atom is 0.305 e. The first-order chi connectivity index (χ1) is 9.16. The minimum Gasteiger partial charge on any atom is -0.481 e. The minimum absolute atomic E-state index is 0.0260. The zero-order chi connectivity index (χ0) is 13.4. The Kier molecular flexibility index (Phi) is 3.09. The molecule has 0 aliphatic heterocycles. The van der Waals surface area contributed by atoms with Crippen molar-refractivity contribution < 1.29 is 14.3 Å². The summed E-state index contributed by atoms with van der Waals surface area (Å²) in [6, 6.07) is 1.54. The number of tetrazole rings is 1. The molecule has 0 radical (unpaired) electrons. The SMILES string of the molecule is O=C(O)CC(C1CC1)n1nnnc1-c1ccoc1Br. The number of halogens is 1. The molecule has 1 fully saturated rings. The predicted molar refractivity (Wildman–Crippen MR) is 67.2 cm³/mol. The summed E-state index contributed by atoms with van der Waals surface area (Å²) in [6.07, 6.45) is 3.59. The molecule has 0 aromatic carbocycles. The third-order valence-corrected chi connectivity index (χ3v) is 3.83. The van der Waals surface area contributed by atoms with Crippen LogP contribution in [0.1, 0.15) is 25.3 Å². The van der Waals surface area contributed by atoms with Gasteiger partial charge in [0.05, 0.1) is 24.3 Å². The van der Waals surface area contributed by atoms with Gasteiger partial charge in [-0.05, 0) is 51.2 Å². The maximum atomic E-state index is 11.0. The highest BCUT2D eigenvalue weighted by Crippen LogP contribution is 2.42. The summed E-state index contributed by atoms with van der Waals surface area (Å²) in [5.41, 5.74) is 0.723. The molecule has 19 heavy (non-hydrogen) atoms. The number of carboxylic acids is 1. The minimum atomic E-state index is -0.843. The Labute approximate surface area is 116 Å². The number of rotatable bonds is 5. The molecule has 1 aliphatic rings. The summed E-state index contributed by atoms with van der Waals surface area (Å²) in [7, 11) is 0. The van der Waals surface area contributed by atoms with Gasteiger partial charge in [-0.1, -0.05) is 0 Å². The van der Waals surface area contributed by atoms with E-state index in [1.807, 2.05) is 0 Å². The summed E-state index contributed by atoms with van der Waals surface area (Å²) in [5, 5.41) is 20.6. The van der Waals surface area contributed by atoms with E-state index in [0.717, 1.165) is 18.4 Å². The van der Waals surface area contributed by atoms with Crippen LogP contribution in [0.5, 0.6) is 0 Å². The maximum absolute atomic E-state index is 11.0. The lowest BCUT2D eigenvalue weighted by molar-refractivity contribution is -0.138. The lowest BCUT2D eigenvalue weighted by Crippen LogP contribution is -2.18. The first-order valence-corrected chi connectivity index (χ1v) is 6.69. The number of nitrogens with zero attached hydrogens (tertiary/aromatic N) is 4. The van der Waals surface area contributed by atoms with E-state index < -0.39 is 5.97 Å². The molecule has 1 atom stereocenters. The number of carboxylic acid groups (broad SMARTS) is 1. The van der Waals surface area contributed by atoms with Gasteiger partial charge in [-0.15, -0.1) is 5.10 Å². The third kappa shape index (κ3) is 2.40. The number of carbonyl (C=O) groups is 1. The second kappa shape index (κ2) is 4.76. The van der Waals surface area contributed by atoms with Crippen LogP contribution < -0.4 is 0 Å². The molecule has 0 bridgehead atoms. The number of hydrogen-bond donors (Lipinski definition) is 1. The molecule has 2 aromatic heterocycles. The van der Waals surface area contributed by atoms with Gasteiger partial charge in [-0.25, -0.2) is 4.68 Å². The van der Waals surface area contributed by atoms with E-state index in [1.54, 1.807) is 10.7 Å². The number of hydrogen-bond acceptors (Lipinski definition) is 5. The van der Waals surface area contributed by atoms with Gasteiger partial charge in [0.2, 0.25) is 0 Å². The zero-order valence-electron chi connectivity index (χ0n) is 9.86. The highest BCUT2D eigenvalue weighted by molar-refractivity contribution is 9.10. The molecule has 2 aromatic rings. The average molecular weight is 327 g/mol. The molecule has 7 nitrogen and oxygen atoms in total. The molecule has 2 heterocycles. The van der Waals surface area contributed by atoms with Crippen molar-refractivity contribution in [1.82, 2.24) is 20.2 Å². The second-order valence-corrected chi connectivity index (χ2v) is 5.28. The third-order valence-electron chi connectivity index (χ3n) is 3.22. The van der Waals surface area contributed by atoms with Crippen LogP contribution in [0.15, 0.2) is 21.4 Å². The standard InChI is InChI=1S/C11H11BrN4O3/c12-10-7(3-4-19-10)11-13-14-15-16(11)8(5-9(17)18)6-1-2-6/h3-4,6,8H,1-2,5H2,(H,17,18). The van der Waals surface area contributed by atoms with Gasteiger partial charge in [0.25, 0.3) is 0 Å². The summed E-state index contributed by atoms with van der Waals surface area (Å²) >= 11 is 3.28. The van der Waals surface area contributed by atoms with Crippen LogP contribution in [0.2, 0.25) is 0 Å². The van der Waals surface area contributed by atoms with Crippen molar-refractivity contribution in [3.8, 4) is 11.4 Å². The van der Waals surface area contributed by atoms with Crippen LogP contribution in [-0.2, 0) is 4.79 Å². The Balaban J connectivity index is 1.98. The summed E-state index contributed by atoms with van der Waals surface area (Å²) in [4.78, 5) is 11.0. The summed E-state index contributed by atoms with van der Waals surface area (Å²) in [6.45, 7) is 0.